The molecule has 0 unspecified atom stereocenters. The topological polar surface area (TPSA) is 117 Å². The number of carbonyl (C=O) groups is 1. The van der Waals surface area contributed by atoms with Gasteiger partial charge >= 0.3 is 0 Å². The Morgan fingerprint density at radius 2 is 1.76 bits per heavy atom. The van der Waals surface area contributed by atoms with E-state index < -0.39 is 5.91 Å². The Labute approximate surface area is 193 Å². The van der Waals surface area contributed by atoms with Crippen LogP contribution in [0.4, 0.5) is 0 Å². The molecule has 2 rings (SSSR count). The van der Waals surface area contributed by atoms with Gasteiger partial charge in [-0.1, -0.05) is 23.8 Å². The van der Waals surface area contributed by atoms with E-state index in [0.29, 0.717) is 40.4 Å². The first kappa shape index (κ1) is 25.9. The standard InChI is InChI=1S/C25H31NO7/c1-16(2)5-9-21-19(13-27)7-6-18(8-10-23(29)26-30)24(21)33-15-17-11-20(14-28)25(32-4)22(12-17)31-3/h5-8,10-12,27-28,30H,9,13-15H2,1-4H3,(H,26,29). The zero-order valence-electron chi connectivity index (χ0n) is 19.3. The summed E-state index contributed by atoms with van der Waals surface area (Å²) in [4.78, 5) is 11.5. The molecule has 0 aliphatic rings. The molecule has 8 nitrogen and oxygen atoms in total. The van der Waals surface area contributed by atoms with Crippen LogP contribution in [0.3, 0.4) is 0 Å². The summed E-state index contributed by atoms with van der Waals surface area (Å²) in [5, 5.41) is 28.4. The smallest absolute Gasteiger partial charge is 0.267 e. The number of aliphatic hydroxyl groups is 2. The number of nitrogens with one attached hydrogen (secondary N) is 1. The van der Waals surface area contributed by atoms with Gasteiger partial charge in [0.2, 0.25) is 0 Å². The number of ether oxygens (including phenoxy) is 3. The number of rotatable bonds is 11. The maximum absolute atomic E-state index is 11.5. The number of methoxy groups -OCH3 is 2. The van der Waals surface area contributed by atoms with E-state index in [1.165, 1.54) is 26.4 Å². The van der Waals surface area contributed by atoms with Crippen LogP contribution in [0.25, 0.3) is 6.08 Å². The molecule has 0 aromatic heterocycles. The molecule has 0 atom stereocenters. The fourth-order valence-electron chi connectivity index (χ4n) is 3.33. The lowest BCUT2D eigenvalue weighted by molar-refractivity contribution is -0.124. The molecule has 0 saturated carbocycles. The van der Waals surface area contributed by atoms with Crippen LogP contribution < -0.4 is 19.7 Å². The van der Waals surface area contributed by atoms with Crippen LogP contribution in [0.1, 0.15) is 41.7 Å². The first-order valence-electron chi connectivity index (χ1n) is 10.4. The van der Waals surface area contributed by atoms with E-state index in [2.05, 4.69) is 0 Å². The second kappa shape index (κ2) is 12.6. The number of benzene rings is 2. The van der Waals surface area contributed by atoms with Crippen molar-refractivity contribution in [3.05, 3.63) is 69.8 Å². The molecule has 33 heavy (non-hydrogen) atoms. The van der Waals surface area contributed by atoms with Crippen molar-refractivity contribution >= 4 is 12.0 Å². The predicted octanol–water partition coefficient (Wildman–Crippen LogP) is 3.29. The summed E-state index contributed by atoms with van der Waals surface area (Å²) >= 11 is 0. The Morgan fingerprint density at radius 3 is 2.33 bits per heavy atom. The number of hydrogen-bond acceptors (Lipinski definition) is 7. The molecule has 0 bridgehead atoms. The zero-order valence-corrected chi connectivity index (χ0v) is 19.3. The lowest BCUT2D eigenvalue weighted by Gasteiger charge is -2.18. The van der Waals surface area contributed by atoms with E-state index in [0.717, 1.165) is 16.7 Å². The van der Waals surface area contributed by atoms with Gasteiger partial charge in [0, 0.05) is 22.8 Å². The number of allylic oxidation sites excluding steroid dienone is 2. The number of aliphatic hydroxyl groups excluding tert-OH is 2. The van der Waals surface area contributed by atoms with Gasteiger partial charge in [-0.25, -0.2) is 5.48 Å². The van der Waals surface area contributed by atoms with Gasteiger partial charge in [0.1, 0.15) is 12.4 Å². The summed E-state index contributed by atoms with van der Waals surface area (Å²) in [5.41, 5.74) is 6.06. The van der Waals surface area contributed by atoms with Gasteiger partial charge in [0.15, 0.2) is 11.5 Å². The number of hydrogen-bond donors (Lipinski definition) is 4. The molecule has 8 heteroatoms. The van der Waals surface area contributed by atoms with Crippen LogP contribution in [-0.2, 0) is 31.0 Å². The molecule has 1 amide bonds. The van der Waals surface area contributed by atoms with Crippen molar-refractivity contribution in [2.75, 3.05) is 14.2 Å². The summed E-state index contributed by atoms with van der Waals surface area (Å²) in [6.07, 6.45) is 5.26. The number of hydroxylamine groups is 1. The van der Waals surface area contributed by atoms with Crippen molar-refractivity contribution in [2.45, 2.75) is 40.1 Å². The summed E-state index contributed by atoms with van der Waals surface area (Å²) < 4.78 is 16.9. The van der Waals surface area contributed by atoms with Crippen LogP contribution in [-0.4, -0.2) is 35.5 Å². The van der Waals surface area contributed by atoms with Crippen LogP contribution in [0, 0.1) is 0 Å². The molecule has 0 fully saturated rings. The third-order valence-electron chi connectivity index (χ3n) is 4.97. The molecule has 0 aliphatic carbocycles. The van der Waals surface area contributed by atoms with E-state index in [9.17, 15) is 15.0 Å². The van der Waals surface area contributed by atoms with Crippen molar-refractivity contribution in [1.29, 1.82) is 0 Å². The highest BCUT2D eigenvalue weighted by atomic mass is 16.5. The molecule has 0 radical (unpaired) electrons. The average molecular weight is 458 g/mol. The normalized spacial score (nSPS) is 10.8. The third-order valence-corrected chi connectivity index (χ3v) is 4.97. The first-order chi connectivity index (χ1) is 15.9. The van der Waals surface area contributed by atoms with Crippen LogP contribution in [0.5, 0.6) is 17.2 Å². The van der Waals surface area contributed by atoms with Gasteiger partial charge < -0.3 is 24.4 Å². The molecular formula is C25H31NO7. The van der Waals surface area contributed by atoms with Gasteiger partial charge in [-0.15, -0.1) is 0 Å². The molecule has 0 saturated heterocycles. The minimum Gasteiger partial charge on any atom is -0.493 e. The minimum absolute atomic E-state index is 0.136. The molecule has 0 heterocycles. The lowest BCUT2D eigenvalue weighted by atomic mass is 9.98. The van der Waals surface area contributed by atoms with E-state index in [4.69, 9.17) is 19.4 Å². The second-order valence-corrected chi connectivity index (χ2v) is 7.51. The van der Waals surface area contributed by atoms with Gasteiger partial charge in [-0.2, -0.15) is 0 Å². The van der Waals surface area contributed by atoms with Gasteiger partial charge in [-0.3, -0.25) is 10.0 Å². The fraction of sp³-hybridized carbons (Fsp3) is 0.320. The summed E-state index contributed by atoms with van der Waals surface area (Å²) in [5.74, 6) is 0.747. The Kier molecular flexibility index (Phi) is 9.93. The van der Waals surface area contributed by atoms with Crippen LogP contribution in [0.15, 0.2) is 42.0 Å². The SMILES string of the molecule is COc1cc(COc2c(C=CC(=O)NO)ccc(CO)c2CC=C(C)C)cc(CO)c1OC. The monoisotopic (exact) mass is 457 g/mol. The van der Waals surface area contributed by atoms with E-state index in [1.807, 2.05) is 19.9 Å². The molecule has 0 spiro atoms. The maximum atomic E-state index is 11.5. The molecular weight excluding hydrogens is 426 g/mol. The highest BCUT2D eigenvalue weighted by Gasteiger charge is 2.16. The van der Waals surface area contributed by atoms with Crippen molar-refractivity contribution in [3.8, 4) is 17.2 Å². The summed E-state index contributed by atoms with van der Waals surface area (Å²) in [6.45, 7) is 3.69. The van der Waals surface area contributed by atoms with Crippen molar-refractivity contribution < 1.29 is 34.4 Å². The largest absolute Gasteiger partial charge is 0.493 e. The van der Waals surface area contributed by atoms with Gasteiger partial charge in [0.25, 0.3) is 5.91 Å². The number of carbonyl (C=O) groups excluding carboxylic acids is 1. The van der Waals surface area contributed by atoms with Crippen molar-refractivity contribution in [1.82, 2.24) is 5.48 Å². The number of amides is 1. The molecule has 2 aromatic carbocycles. The first-order valence-corrected chi connectivity index (χ1v) is 10.4. The second-order valence-electron chi connectivity index (χ2n) is 7.51. The maximum Gasteiger partial charge on any atom is 0.267 e. The predicted molar refractivity (Wildman–Crippen MR) is 124 cm³/mol. The lowest BCUT2D eigenvalue weighted by Crippen LogP contribution is -2.14. The minimum atomic E-state index is -0.675. The molecule has 4 N–H and O–H groups in total. The fourth-order valence-corrected chi connectivity index (χ4v) is 3.33. The van der Waals surface area contributed by atoms with E-state index in [-0.39, 0.29) is 19.8 Å². The van der Waals surface area contributed by atoms with Crippen molar-refractivity contribution in [2.24, 2.45) is 0 Å². The highest BCUT2D eigenvalue weighted by molar-refractivity contribution is 5.91. The quantitative estimate of drug-likeness (QED) is 0.177. The molecule has 178 valence electrons. The third kappa shape index (κ3) is 6.82. The Balaban J connectivity index is 2.53. The Morgan fingerprint density at radius 1 is 1.03 bits per heavy atom. The Bertz CT molecular complexity index is 999. The highest BCUT2D eigenvalue weighted by Crippen LogP contribution is 2.35. The van der Waals surface area contributed by atoms with Crippen LogP contribution >= 0.6 is 0 Å². The average Bonchev–Trinajstić information content (AvgIpc) is 2.83. The van der Waals surface area contributed by atoms with Crippen LogP contribution in [0.2, 0.25) is 0 Å². The zero-order chi connectivity index (χ0) is 24.4. The Hall–Kier alpha value is -3.33. The van der Waals surface area contributed by atoms with E-state index in [1.54, 1.807) is 29.7 Å². The van der Waals surface area contributed by atoms with Gasteiger partial charge in [-0.05, 0) is 49.6 Å². The molecule has 0 aliphatic heterocycles. The van der Waals surface area contributed by atoms with Gasteiger partial charge in [0.05, 0.1) is 27.4 Å². The summed E-state index contributed by atoms with van der Waals surface area (Å²) in [6, 6.07) is 7.04. The van der Waals surface area contributed by atoms with Crippen molar-refractivity contribution in [3.63, 3.8) is 0 Å². The van der Waals surface area contributed by atoms with E-state index >= 15 is 0 Å². The molecule has 2 aromatic rings. The summed E-state index contributed by atoms with van der Waals surface area (Å²) in [7, 11) is 3.02.